The largest absolute Gasteiger partial charge is 0.503 e. The van der Waals surface area contributed by atoms with E-state index >= 15 is 0 Å². The van der Waals surface area contributed by atoms with E-state index in [1.54, 1.807) is 49.7 Å². The summed E-state index contributed by atoms with van der Waals surface area (Å²) in [5, 5.41) is 0. The summed E-state index contributed by atoms with van der Waals surface area (Å²) in [7, 11) is 4.31. The average molecular weight is 315 g/mol. The van der Waals surface area contributed by atoms with Crippen molar-refractivity contribution in [2.24, 2.45) is 0 Å². The molecule has 0 aliphatic rings. The Labute approximate surface area is 134 Å². The quantitative estimate of drug-likeness (QED) is 0.464. The van der Waals surface area contributed by atoms with Crippen LogP contribution in [0.4, 0.5) is 0 Å². The normalized spacial score (nSPS) is 10.8. The van der Waals surface area contributed by atoms with Gasteiger partial charge < -0.3 is 18.9 Å². The molecule has 23 heavy (non-hydrogen) atoms. The van der Waals surface area contributed by atoms with Gasteiger partial charge in [-0.05, 0) is 24.3 Å². The van der Waals surface area contributed by atoms with Gasteiger partial charge in [0.2, 0.25) is 5.88 Å². The van der Waals surface area contributed by atoms with Crippen LogP contribution < -0.4 is 9.47 Å². The van der Waals surface area contributed by atoms with Crippen LogP contribution in [0, 0.1) is 0 Å². The van der Waals surface area contributed by atoms with Gasteiger partial charge in [0.05, 0.1) is 33.2 Å². The molecule has 2 rings (SSSR count). The van der Waals surface area contributed by atoms with Gasteiger partial charge in [0.1, 0.15) is 17.1 Å². The second kappa shape index (κ2) is 7.84. The lowest BCUT2D eigenvalue weighted by Crippen LogP contribution is -2.06. The molecule has 6 heteroatoms. The van der Waals surface area contributed by atoms with E-state index in [4.69, 9.17) is 18.9 Å². The molecule has 1 aromatic heterocycles. The van der Waals surface area contributed by atoms with Gasteiger partial charge in [0.15, 0.2) is 0 Å². The molecular formula is C17H17NO5. The van der Waals surface area contributed by atoms with Crippen LogP contribution in [0.25, 0.3) is 5.57 Å². The summed E-state index contributed by atoms with van der Waals surface area (Å²) in [6, 6.07) is 10.5. The Balaban J connectivity index is 2.40. The van der Waals surface area contributed by atoms with Crippen LogP contribution in [-0.2, 0) is 14.3 Å². The Hall–Kier alpha value is -3.02. The van der Waals surface area contributed by atoms with Gasteiger partial charge in [-0.25, -0.2) is 9.78 Å². The van der Waals surface area contributed by atoms with Crippen molar-refractivity contribution in [2.45, 2.75) is 0 Å². The van der Waals surface area contributed by atoms with E-state index < -0.39 is 5.97 Å². The molecule has 0 amide bonds. The second-order valence-electron chi connectivity index (χ2n) is 4.40. The van der Waals surface area contributed by atoms with Crippen molar-refractivity contribution < 1.29 is 23.7 Å². The number of hydrogen-bond donors (Lipinski definition) is 0. The van der Waals surface area contributed by atoms with Gasteiger partial charge in [0.25, 0.3) is 0 Å². The number of methoxy groups -OCH3 is 3. The number of nitrogens with zero attached hydrogens (tertiary/aromatic N) is 1. The number of carbonyl (C=O) groups is 1. The third-order valence-corrected chi connectivity index (χ3v) is 2.96. The third kappa shape index (κ3) is 4.00. The highest BCUT2D eigenvalue weighted by Crippen LogP contribution is 2.30. The highest BCUT2D eigenvalue weighted by molar-refractivity contribution is 6.16. The zero-order valence-electron chi connectivity index (χ0n) is 13.1. The van der Waals surface area contributed by atoms with Gasteiger partial charge >= 0.3 is 5.97 Å². The maximum atomic E-state index is 11.9. The molecular weight excluding hydrogens is 298 g/mol. The molecule has 0 aliphatic carbocycles. The van der Waals surface area contributed by atoms with Gasteiger partial charge in [-0.15, -0.1) is 0 Å². The molecule has 1 aromatic carbocycles. The summed E-state index contributed by atoms with van der Waals surface area (Å²) in [4.78, 5) is 16.1. The molecule has 0 unspecified atom stereocenters. The molecule has 0 atom stereocenters. The van der Waals surface area contributed by atoms with E-state index in [2.05, 4.69) is 4.98 Å². The minimum absolute atomic E-state index is 0.209. The van der Waals surface area contributed by atoms with Gasteiger partial charge in [-0.2, -0.15) is 0 Å². The fourth-order valence-electron chi connectivity index (χ4n) is 1.90. The minimum atomic E-state index is -0.546. The van der Waals surface area contributed by atoms with Crippen molar-refractivity contribution in [3.63, 3.8) is 0 Å². The summed E-state index contributed by atoms with van der Waals surface area (Å²) >= 11 is 0. The Morgan fingerprint density at radius 3 is 2.57 bits per heavy atom. The Kier molecular flexibility index (Phi) is 5.57. The molecule has 0 spiro atoms. The van der Waals surface area contributed by atoms with Gasteiger partial charge in [0, 0.05) is 12.3 Å². The second-order valence-corrected chi connectivity index (χ2v) is 4.40. The third-order valence-electron chi connectivity index (χ3n) is 2.96. The minimum Gasteiger partial charge on any atom is -0.503 e. The molecule has 6 nitrogen and oxygen atoms in total. The SMILES string of the molecule is COC=C(C(=O)OC)c1cccnc1Oc1cccc(OC)c1. The predicted molar refractivity (Wildman–Crippen MR) is 84.3 cm³/mol. The molecule has 120 valence electrons. The maximum Gasteiger partial charge on any atom is 0.341 e. The molecule has 0 saturated carbocycles. The molecule has 0 radical (unpaired) electrons. The maximum absolute atomic E-state index is 11.9. The first kappa shape index (κ1) is 16.4. The van der Waals surface area contributed by atoms with E-state index in [1.807, 2.05) is 0 Å². The fourth-order valence-corrected chi connectivity index (χ4v) is 1.90. The number of benzene rings is 1. The monoisotopic (exact) mass is 315 g/mol. The number of rotatable bonds is 6. The topological polar surface area (TPSA) is 66.9 Å². The molecule has 0 saturated heterocycles. The number of esters is 1. The summed E-state index contributed by atoms with van der Waals surface area (Å²) < 4.78 is 20.7. The fraction of sp³-hybridized carbons (Fsp3) is 0.176. The highest BCUT2D eigenvalue weighted by atomic mass is 16.5. The van der Waals surface area contributed by atoms with Crippen LogP contribution in [0.2, 0.25) is 0 Å². The molecule has 0 fully saturated rings. The van der Waals surface area contributed by atoms with Crippen LogP contribution in [-0.4, -0.2) is 32.3 Å². The van der Waals surface area contributed by atoms with Crippen molar-refractivity contribution >= 4 is 11.5 Å². The van der Waals surface area contributed by atoms with Crippen molar-refractivity contribution in [3.8, 4) is 17.4 Å². The zero-order valence-corrected chi connectivity index (χ0v) is 13.1. The summed E-state index contributed by atoms with van der Waals surface area (Å²) in [5.41, 5.74) is 0.671. The van der Waals surface area contributed by atoms with Gasteiger partial charge in [-0.1, -0.05) is 6.07 Å². The van der Waals surface area contributed by atoms with Crippen molar-refractivity contribution in [1.82, 2.24) is 4.98 Å². The molecule has 1 heterocycles. The molecule has 0 bridgehead atoms. The van der Waals surface area contributed by atoms with Crippen LogP contribution in [0.1, 0.15) is 5.56 Å². The van der Waals surface area contributed by atoms with E-state index in [1.165, 1.54) is 20.5 Å². The lowest BCUT2D eigenvalue weighted by atomic mass is 10.1. The first-order chi connectivity index (χ1) is 11.2. The predicted octanol–water partition coefficient (Wildman–Crippen LogP) is 3.04. The Morgan fingerprint density at radius 2 is 1.87 bits per heavy atom. The highest BCUT2D eigenvalue weighted by Gasteiger charge is 2.19. The lowest BCUT2D eigenvalue weighted by Gasteiger charge is -2.12. The number of carbonyl (C=O) groups excluding carboxylic acids is 1. The van der Waals surface area contributed by atoms with E-state index in [0.29, 0.717) is 17.1 Å². The first-order valence-corrected chi connectivity index (χ1v) is 6.78. The zero-order chi connectivity index (χ0) is 16.7. The average Bonchev–Trinajstić information content (AvgIpc) is 2.60. The number of aromatic nitrogens is 1. The lowest BCUT2D eigenvalue weighted by molar-refractivity contribution is -0.133. The van der Waals surface area contributed by atoms with Crippen molar-refractivity contribution in [2.75, 3.05) is 21.3 Å². The number of hydrogen-bond acceptors (Lipinski definition) is 6. The van der Waals surface area contributed by atoms with Crippen LogP contribution in [0.15, 0.2) is 48.9 Å². The van der Waals surface area contributed by atoms with E-state index in [-0.39, 0.29) is 11.5 Å². The van der Waals surface area contributed by atoms with Crippen molar-refractivity contribution in [1.29, 1.82) is 0 Å². The Bertz CT molecular complexity index is 712. The summed E-state index contributed by atoms with van der Waals surface area (Å²) in [6.07, 6.45) is 2.86. The standard InChI is InChI=1S/C17H17NO5/c1-20-11-15(17(19)22-3)14-8-5-9-18-16(14)23-13-7-4-6-12(10-13)21-2/h4-11H,1-3H3. The summed E-state index contributed by atoms with van der Waals surface area (Å²) in [5.74, 6) is 0.899. The molecule has 2 aromatic rings. The van der Waals surface area contributed by atoms with Crippen molar-refractivity contribution in [3.05, 3.63) is 54.4 Å². The van der Waals surface area contributed by atoms with Crippen LogP contribution in [0.3, 0.4) is 0 Å². The van der Waals surface area contributed by atoms with E-state index in [0.717, 1.165) is 0 Å². The molecule has 0 aliphatic heterocycles. The first-order valence-electron chi connectivity index (χ1n) is 6.78. The van der Waals surface area contributed by atoms with Crippen LogP contribution >= 0.6 is 0 Å². The van der Waals surface area contributed by atoms with Crippen LogP contribution in [0.5, 0.6) is 17.4 Å². The Morgan fingerprint density at radius 1 is 1.09 bits per heavy atom. The summed E-state index contributed by atoms with van der Waals surface area (Å²) in [6.45, 7) is 0. The number of pyridine rings is 1. The van der Waals surface area contributed by atoms with Gasteiger partial charge in [-0.3, -0.25) is 0 Å². The number of ether oxygens (including phenoxy) is 4. The molecule has 0 N–H and O–H groups in total. The smallest absolute Gasteiger partial charge is 0.341 e. The van der Waals surface area contributed by atoms with E-state index in [9.17, 15) is 4.79 Å².